The highest BCUT2D eigenvalue weighted by atomic mass is 35.5. The molecule has 0 aromatic heterocycles. The third-order valence-electron chi connectivity index (χ3n) is 4.37. The van der Waals surface area contributed by atoms with Gasteiger partial charge < -0.3 is 9.47 Å². The minimum absolute atomic E-state index is 0.0102. The van der Waals surface area contributed by atoms with E-state index in [2.05, 4.69) is 0 Å². The van der Waals surface area contributed by atoms with Crippen LogP contribution in [0.2, 0.25) is 5.02 Å². The van der Waals surface area contributed by atoms with Gasteiger partial charge in [0.2, 0.25) is 0 Å². The summed E-state index contributed by atoms with van der Waals surface area (Å²) in [6.45, 7) is 1.95. The molecular formula is C20H18ClFO4. The largest absolute Gasteiger partial charge is 0.489 e. The summed E-state index contributed by atoms with van der Waals surface area (Å²) in [5.41, 5.74) is 2.01. The lowest BCUT2D eigenvalue weighted by Crippen LogP contribution is -2.33. The van der Waals surface area contributed by atoms with Crippen molar-refractivity contribution < 1.29 is 23.5 Å². The highest BCUT2D eigenvalue weighted by Crippen LogP contribution is 2.29. The van der Waals surface area contributed by atoms with Gasteiger partial charge >= 0.3 is 5.97 Å². The summed E-state index contributed by atoms with van der Waals surface area (Å²) in [5, 5.41) is 0.301. The van der Waals surface area contributed by atoms with Gasteiger partial charge in [0.15, 0.2) is 5.78 Å². The lowest BCUT2D eigenvalue weighted by atomic mass is 9.83. The van der Waals surface area contributed by atoms with E-state index in [1.165, 1.54) is 12.1 Å². The predicted octanol–water partition coefficient (Wildman–Crippen LogP) is 3.91. The average Bonchev–Trinajstić information content (AvgIpc) is 2.60. The van der Waals surface area contributed by atoms with Crippen molar-refractivity contribution in [2.75, 3.05) is 6.61 Å². The molecule has 0 saturated heterocycles. The van der Waals surface area contributed by atoms with Gasteiger partial charge in [0.25, 0.3) is 0 Å². The van der Waals surface area contributed by atoms with Crippen molar-refractivity contribution in [2.24, 2.45) is 5.92 Å². The van der Waals surface area contributed by atoms with Crippen molar-refractivity contribution in [3.8, 4) is 5.75 Å². The molecular weight excluding hydrogens is 359 g/mol. The van der Waals surface area contributed by atoms with Crippen molar-refractivity contribution in [3.63, 3.8) is 0 Å². The normalized spacial score (nSPS) is 16.1. The zero-order chi connectivity index (χ0) is 18.7. The SMILES string of the molecule is CCOC(=O)C1Cc2ccc(OCc3c(F)cccc3Cl)cc2CC1=O. The van der Waals surface area contributed by atoms with Gasteiger partial charge in [-0.05, 0) is 48.7 Å². The fraction of sp³-hybridized carbons (Fsp3) is 0.300. The molecule has 1 aliphatic rings. The van der Waals surface area contributed by atoms with Crippen LogP contribution in [0.3, 0.4) is 0 Å². The molecule has 2 aromatic rings. The first-order valence-electron chi connectivity index (χ1n) is 8.36. The number of ketones is 1. The van der Waals surface area contributed by atoms with Crippen LogP contribution < -0.4 is 4.74 Å². The van der Waals surface area contributed by atoms with Gasteiger partial charge in [-0.1, -0.05) is 23.7 Å². The molecule has 26 heavy (non-hydrogen) atoms. The summed E-state index contributed by atoms with van der Waals surface area (Å²) in [5.74, 6) is -1.29. The standard InChI is InChI=1S/C20H18ClFO4/c1-2-25-20(24)15-9-12-6-7-14(8-13(12)10-19(15)23)26-11-16-17(21)4-3-5-18(16)22/h3-8,15H,2,9-11H2,1H3. The van der Waals surface area contributed by atoms with E-state index in [0.717, 1.165) is 11.1 Å². The highest BCUT2D eigenvalue weighted by molar-refractivity contribution is 6.31. The number of Topliss-reactive ketones (excluding diaryl/α,β-unsaturated/α-hetero) is 1. The van der Waals surface area contributed by atoms with Crippen LogP contribution in [0.4, 0.5) is 4.39 Å². The topological polar surface area (TPSA) is 52.6 Å². The summed E-state index contributed by atoms with van der Waals surface area (Å²) in [7, 11) is 0. The Kier molecular flexibility index (Phi) is 5.57. The van der Waals surface area contributed by atoms with Crippen LogP contribution in [0.5, 0.6) is 5.75 Å². The second-order valence-electron chi connectivity index (χ2n) is 6.07. The summed E-state index contributed by atoms with van der Waals surface area (Å²) < 4.78 is 24.4. The molecule has 1 aliphatic carbocycles. The quantitative estimate of drug-likeness (QED) is 0.586. The molecule has 3 rings (SSSR count). The van der Waals surface area contributed by atoms with Crippen LogP contribution in [0.15, 0.2) is 36.4 Å². The fourth-order valence-corrected chi connectivity index (χ4v) is 3.20. The molecule has 2 aromatic carbocycles. The summed E-state index contributed by atoms with van der Waals surface area (Å²) in [4.78, 5) is 24.1. The molecule has 0 saturated carbocycles. The molecule has 1 unspecified atom stereocenters. The van der Waals surface area contributed by atoms with Gasteiger partial charge in [-0.2, -0.15) is 0 Å². The first-order valence-corrected chi connectivity index (χ1v) is 8.74. The lowest BCUT2D eigenvalue weighted by Gasteiger charge is -2.22. The van der Waals surface area contributed by atoms with Crippen LogP contribution in [0.25, 0.3) is 0 Å². The number of halogens is 2. The zero-order valence-corrected chi connectivity index (χ0v) is 15.0. The van der Waals surface area contributed by atoms with E-state index in [4.69, 9.17) is 21.1 Å². The van der Waals surface area contributed by atoms with Gasteiger partial charge in [-0.3, -0.25) is 9.59 Å². The van der Waals surface area contributed by atoms with Gasteiger partial charge in [-0.25, -0.2) is 4.39 Å². The first-order chi connectivity index (χ1) is 12.5. The van der Waals surface area contributed by atoms with Crippen molar-refractivity contribution in [3.05, 3.63) is 63.9 Å². The number of hydrogen-bond acceptors (Lipinski definition) is 4. The Hall–Kier alpha value is -2.40. The molecule has 0 bridgehead atoms. The number of esters is 1. The Bertz CT molecular complexity index is 829. The van der Waals surface area contributed by atoms with E-state index in [0.29, 0.717) is 17.2 Å². The molecule has 0 N–H and O–H groups in total. The second-order valence-corrected chi connectivity index (χ2v) is 6.48. The summed E-state index contributed by atoms with van der Waals surface area (Å²) in [6, 6.07) is 9.78. The molecule has 0 spiro atoms. The highest BCUT2D eigenvalue weighted by Gasteiger charge is 2.33. The van der Waals surface area contributed by atoms with Crippen LogP contribution in [0, 0.1) is 11.7 Å². The number of ether oxygens (including phenoxy) is 2. The fourth-order valence-electron chi connectivity index (χ4n) is 2.98. The van der Waals surface area contributed by atoms with E-state index >= 15 is 0 Å². The Labute approximate surface area is 155 Å². The third kappa shape index (κ3) is 3.88. The molecule has 4 nitrogen and oxygen atoms in total. The van der Waals surface area contributed by atoms with E-state index in [9.17, 15) is 14.0 Å². The van der Waals surface area contributed by atoms with Crippen LogP contribution in [-0.4, -0.2) is 18.4 Å². The van der Waals surface area contributed by atoms with Crippen molar-refractivity contribution in [1.82, 2.24) is 0 Å². The number of benzene rings is 2. The summed E-state index contributed by atoms with van der Waals surface area (Å²) in [6.07, 6.45) is 0.475. The van der Waals surface area contributed by atoms with Crippen molar-refractivity contribution in [2.45, 2.75) is 26.4 Å². The lowest BCUT2D eigenvalue weighted by molar-refractivity contribution is -0.151. The molecule has 136 valence electrons. The minimum Gasteiger partial charge on any atom is -0.489 e. The number of carbonyl (C=O) groups is 2. The maximum atomic E-state index is 13.8. The van der Waals surface area contributed by atoms with Crippen molar-refractivity contribution >= 4 is 23.4 Å². The molecule has 0 fully saturated rings. The monoisotopic (exact) mass is 376 g/mol. The van der Waals surface area contributed by atoms with E-state index in [-0.39, 0.29) is 31.0 Å². The number of rotatable bonds is 5. The maximum Gasteiger partial charge on any atom is 0.316 e. The maximum absolute atomic E-state index is 13.8. The Morgan fingerprint density at radius 2 is 2.08 bits per heavy atom. The zero-order valence-electron chi connectivity index (χ0n) is 14.3. The van der Waals surface area contributed by atoms with E-state index in [1.807, 2.05) is 6.07 Å². The minimum atomic E-state index is -0.744. The van der Waals surface area contributed by atoms with Gasteiger partial charge in [0.1, 0.15) is 24.1 Å². The Morgan fingerprint density at radius 1 is 1.27 bits per heavy atom. The second kappa shape index (κ2) is 7.87. The molecule has 0 aliphatic heterocycles. The average molecular weight is 377 g/mol. The number of carbonyl (C=O) groups excluding carboxylic acids is 2. The van der Waals surface area contributed by atoms with Gasteiger partial charge in [0, 0.05) is 12.0 Å². The van der Waals surface area contributed by atoms with E-state index < -0.39 is 17.7 Å². The predicted molar refractivity (Wildman–Crippen MR) is 94.7 cm³/mol. The van der Waals surface area contributed by atoms with Crippen LogP contribution >= 0.6 is 11.6 Å². The van der Waals surface area contributed by atoms with Crippen LogP contribution in [-0.2, 0) is 33.8 Å². The first kappa shape index (κ1) is 18.4. The Balaban J connectivity index is 1.73. The number of hydrogen-bond donors (Lipinski definition) is 0. The molecule has 1 atom stereocenters. The van der Waals surface area contributed by atoms with Gasteiger partial charge in [-0.15, -0.1) is 0 Å². The van der Waals surface area contributed by atoms with Crippen LogP contribution in [0.1, 0.15) is 23.6 Å². The molecule has 6 heteroatoms. The van der Waals surface area contributed by atoms with Crippen molar-refractivity contribution in [1.29, 1.82) is 0 Å². The third-order valence-corrected chi connectivity index (χ3v) is 4.73. The summed E-state index contributed by atoms with van der Waals surface area (Å²) >= 11 is 5.99. The van der Waals surface area contributed by atoms with Gasteiger partial charge in [0.05, 0.1) is 11.6 Å². The number of fused-ring (bicyclic) bond motifs is 1. The molecule has 0 radical (unpaired) electrons. The molecule has 0 heterocycles. The Morgan fingerprint density at radius 3 is 2.81 bits per heavy atom. The molecule has 0 amide bonds. The van der Waals surface area contributed by atoms with E-state index in [1.54, 1.807) is 25.1 Å². The smallest absolute Gasteiger partial charge is 0.316 e.